The van der Waals surface area contributed by atoms with Crippen LogP contribution in [0.25, 0.3) is 16.9 Å². The second kappa shape index (κ2) is 5.79. The van der Waals surface area contributed by atoms with Gasteiger partial charge in [0.2, 0.25) is 0 Å². The molecule has 0 atom stereocenters. The third kappa shape index (κ3) is 3.36. The van der Waals surface area contributed by atoms with E-state index in [1.54, 1.807) is 29.8 Å². The lowest BCUT2D eigenvalue weighted by molar-refractivity contribution is -0.274. The predicted octanol–water partition coefficient (Wildman–Crippen LogP) is 4.75. The average Bonchev–Trinajstić information content (AvgIpc) is 2.89. The Morgan fingerprint density at radius 2 is 1.61 bits per heavy atom. The first kappa shape index (κ1) is 15.1. The van der Waals surface area contributed by atoms with E-state index in [1.807, 2.05) is 30.3 Å². The van der Waals surface area contributed by atoms with Crippen LogP contribution < -0.4 is 4.74 Å². The van der Waals surface area contributed by atoms with Crippen molar-refractivity contribution in [2.45, 2.75) is 13.3 Å². The number of nitrogens with zero attached hydrogens (tertiary/aromatic N) is 2. The average molecular weight is 318 g/mol. The van der Waals surface area contributed by atoms with Crippen molar-refractivity contribution in [3.8, 4) is 22.7 Å². The molecule has 6 heteroatoms. The summed E-state index contributed by atoms with van der Waals surface area (Å²) < 4.78 is 43.6. The van der Waals surface area contributed by atoms with E-state index < -0.39 is 6.36 Å². The first-order valence-corrected chi connectivity index (χ1v) is 6.91. The maximum Gasteiger partial charge on any atom is 0.573 e. The van der Waals surface area contributed by atoms with Gasteiger partial charge in [0, 0.05) is 5.56 Å². The van der Waals surface area contributed by atoms with E-state index in [4.69, 9.17) is 0 Å². The molecule has 0 amide bonds. The molecule has 23 heavy (non-hydrogen) atoms. The Bertz CT molecular complexity index is 810. The highest BCUT2D eigenvalue weighted by molar-refractivity contribution is 5.69. The maximum atomic E-state index is 12.6. The predicted molar refractivity (Wildman–Crippen MR) is 80.4 cm³/mol. The van der Waals surface area contributed by atoms with Crippen molar-refractivity contribution >= 4 is 0 Å². The minimum absolute atomic E-state index is 0.253. The lowest BCUT2D eigenvalue weighted by Gasteiger charge is -2.14. The Morgan fingerprint density at radius 3 is 2.30 bits per heavy atom. The quantitative estimate of drug-likeness (QED) is 0.697. The first-order valence-electron chi connectivity index (χ1n) is 6.91. The molecule has 0 saturated heterocycles. The van der Waals surface area contributed by atoms with Crippen LogP contribution in [0.2, 0.25) is 0 Å². The lowest BCUT2D eigenvalue weighted by atomic mass is 10.1. The van der Waals surface area contributed by atoms with E-state index in [0.29, 0.717) is 17.0 Å². The van der Waals surface area contributed by atoms with Crippen LogP contribution in [-0.2, 0) is 0 Å². The van der Waals surface area contributed by atoms with Crippen LogP contribution in [-0.4, -0.2) is 16.1 Å². The van der Waals surface area contributed by atoms with Gasteiger partial charge in [0.15, 0.2) is 0 Å². The second-order valence-corrected chi connectivity index (χ2v) is 4.96. The summed E-state index contributed by atoms with van der Waals surface area (Å²) in [4.78, 5) is 0. The molecular formula is C17H13F3N2O. The van der Waals surface area contributed by atoms with Gasteiger partial charge >= 0.3 is 6.36 Å². The van der Waals surface area contributed by atoms with E-state index in [1.165, 1.54) is 12.1 Å². The molecule has 0 bridgehead atoms. The van der Waals surface area contributed by atoms with Crippen LogP contribution in [0.1, 0.15) is 5.69 Å². The van der Waals surface area contributed by atoms with Gasteiger partial charge in [-0.1, -0.05) is 30.3 Å². The van der Waals surface area contributed by atoms with E-state index in [2.05, 4.69) is 9.84 Å². The highest BCUT2D eigenvalue weighted by Crippen LogP contribution is 2.35. The number of aromatic nitrogens is 2. The molecule has 3 rings (SSSR count). The molecule has 3 aromatic rings. The Morgan fingerprint density at radius 1 is 0.957 bits per heavy atom. The number of alkyl halides is 3. The fraction of sp³-hybridized carbons (Fsp3) is 0.118. The third-order valence-electron chi connectivity index (χ3n) is 3.22. The van der Waals surface area contributed by atoms with E-state index in [0.717, 1.165) is 5.69 Å². The Hall–Kier alpha value is -2.76. The molecule has 0 aliphatic rings. The van der Waals surface area contributed by atoms with Gasteiger partial charge in [0.25, 0.3) is 0 Å². The van der Waals surface area contributed by atoms with Crippen LogP contribution in [0, 0.1) is 6.92 Å². The van der Waals surface area contributed by atoms with Gasteiger partial charge in [-0.15, -0.1) is 13.2 Å². The zero-order valence-corrected chi connectivity index (χ0v) is 12.2. The number of rotatable bonds is 3. The third-order valence-corrected chi connectivity index (χ3v) is 3.22. The summed E-state index contributed by atoms with van der Waals surface area (Å²) in [7, 11) is 0. The number of benzene rings is 2. The van der Waals surface area contributed by atoms with Gasteiger partial charge in [-0.05, 0) is 37.3 Å². The molecule has 0 spiro atoms. The molecule has 1 aromatic heterocycles. The minimum atomic E-state index is -4.75. The summed E-state index contributed by atoms with van der Waals surface area (Å²) >= 11 is 0. The maximum absolute atomic E-state index is 12.6. The van der Waals surface area contributed by atoms with Crippen LogP contribution in [0.15, 0.2) is 60.7 Å². The van der Waals surface area contributed by atoms with E-state index in [-0.39, 0.29) is 5.75 Å². The summed E-state index contributed by atoms with van der Waals surface area (Å²) in [6, 6.07) is 17.0. The van der Waals surface area contributed by atoms with E-state index in [9.17, 15) is 13.2 Å². The Balaban J connectivity index is 2.14. The largest absolute Gasteiger partial charge is 0.573 e. The summed E-state index contributed by atoms with van der Waals surface area (Å²) in [6.45, 7) is 1.79. The van der Waals surface area contributed by atoms with Gasteiger partial charge in [-0.25, -0.2) is 4.68 Å². The molecule has 118 valence electrons. The SMILES string of the molecule is Cc1cc(-c2ccccc2OC(F)(F)F)n(-c2ccccc2)n1. The van der Waals surface area contributed by atoms with Gasteiger partial charge in [0.1, 0.15) is 5.75 Å². The molecule has 0 fully saturated rings. The van der Waals surface area contributed by atoms with Crippen molar-refractivity contribution in [2.24, 2.45) is 0 Å². The van der Waals surface area contributed by atoms with Crippen molar-refractivity contribution in [2.75, 3.05) is 0 Å². The normalized spacial score (nSPS) is 11.5. The van der Waals surface area contributed by atoms with Crippen LogP contribution in [0.5, 0.6) is 5.75 Å². The molecule has 3 nitrogen and oxygen atoms in total. The zero-order chi connectivity index (χ0) is 16.4. The lowest BCUT2D eigenvalue weighted by Crippen LogP contribution is -2.17. The number of ether oxygens (including phenoxy) is 1. The Kier molecular flexibility index (Phi) is 3.82. The number of halogens is 3. The fourth-order valence-corrected chi connectivity index (χ4v) is 2.35. The topological polar surface area (TPSA) is 27.1 Å². The summed E-state index contributed by atoms with van der Waals surface area (Å²) in [5, 5.41) is 4.37. The van der Waals surface area contributed by atoms with Crippen molar-refractivity contribution in [1.82, 2.24) is 9.78 Å². The second-order valence-electron chi connectivity index (χ2n) is 4.96. The molecule has 0 radical (unpaired) electrons. The molecule has 0 N–H and O–H groups in total. The Labute approximate surface area is 130 Å². The molecule has 0 aliphatic heterocycles. The standard InChI is InChI=1S/C17H13F3N2O/c1-12-11-15(22(21-12)13-7-3-2-4-8-13)14-9-5-6-10-16(14)23-17(18,19)20/h2-11H,1H3. The van der Waals surface area contributed by atoms with Crippen LogP contribution >= 0.6 is 0 Å². The van der Waals surface area contributed by atoms with Crippen LogP contribution in [0.4, 0.5) is 13.2 Å². The highest BCUT2D eigenvalue weighted by Gasteiger charge is 2.32. The summed E-state index contributed by atoms with van der Waals surface area (Å²) in [5.41, 5.74) is 2.32. The number of hydrogen-bond donors (Lipinski definition) is 0. The van der Waals surface area contributed by atoms with Crippen LogP contribution in [0.3, 0.4) is 0 Å². The number of para-hydroxylation sites is 2. The van der Waals surface area contributed by atoms with Gasteiger partial charge in [-0.2, -0.15) is 5.10 Å². The summed E-state index contributed by atoms with van der Waals surface area (Å²) in [6.07, 6.45) is -4.75. The molecule has 0 saturated carbocycles. The first-order chi connectivity index (χ1) is 10.9. The molecule has 2 aromatic carbocycles. The molecule has 0 aliphatic carbocycles. The fourth-order valence-electron chi connectivity index (χ4n) is 2.35. The van der Waals surface area contributed by atoms with E-state index >= 15 is 0 Å². The molecule has 1 heterocycles. The monoisotopic (exact) mass is 318 g/mol. The smallest absolute Gasteiger partial charge is 0.405 e. The molecule has 0 unspecified atom stereocenters. The zero-order valence-electron chi connectivity index (χ0n) is 12.2. The van der Waals surface area contributed by atoms with Crippen molar-refractivity contribution < 1.29 is 17.9 Å². The number of hydrogen-bond acceptors (Lipinski definition) is 2. The van der Waals surface area contributed by atoms with Gasteiger partial charge < -0.3 is 4.74 Å². The highest BCUT2D eigenvalue weighted by atomic mass is 19.4. The van der Waals surface area contributed by atoms with Crippen molar-refractivity contribution in [1.29, 1.82) is 0 Å². The van der Waals surface area contributed by atoms with Gasteiger partial charge in [0.05, 0.1) is 17.1 Å². The van der Waals surface area contributed by atoms with Gasteiger partial charge in [-0.3, -0.25) is 0 Å². The minimum Gasteiger partial charge on any atom is -0.405 e. The number of aryl methyl sites for hydroxylation is 1. The summed E-state index contributed by atoms with van der Waals surface area (Å²) in [5.74, 6) is -0.253. The van der Waals surface area contributed by atoms with Crippen molar-refractivity contribution in [3.63, 3.8) is 0 Å². The molecular weight excluding hydrogens is 305 g/mol. The van der Waals surface area contributed by atoms with Crippen molar-refractivity contribution in [3.05, 3.63) is 66.4 Å².